The van der Waals surface area contributed by atoms with Gasteiger partial charge in [0.25, 0.3) is 0 Å². The van der Waals surface area contributed by atoms with Gasteiger partial charge in [0, 0.05) is 21.2 Å². The standard InChI is InChI=1S/C23H20ClNO3S/c1-28-20-6-2-4-17(13-20)22(26)15-29-21-7-3-5-19(14-21)25-23(27)12-16-8-10-18(24)11-9-16/h2-11,13-14H,12,15H2,1H3,(H,25,27). The predicted molar refractivity (Wildman–Crippen MR) is 118 cm³/mol. The number of thioether (sulfide) groups is 1. The van der Waals surface area contributed by atoms with Crippen molar-refractivity contribution in [3.8, 4) is 5.75 Å². The first-order chi connectivity index (χ1) is 14.0. The summed E-state index contributed by atoms with van der Waals surface area (Å²) in [5.74, 6) is 0.870. The molecular formula is C23H20ClNO3S. The molecule has 4 nitrogen and oxygen atoms in total. The van der Waals surface area contributed by atoms with Gasteiger partial charge >= 0.3 is 0 Å². The number of hydrogen-bond acceptors (Lipinski definition) is 4. The number of amides is 1. The smallest absolute Gasteiger partial charge is 0.228 e. The van der Waals surface area contributed by atoms with Gasteiger partial charge in [-0.3, -0.25) is 9.59 Å². The van der Waals surface area contributed by atoms with Crippen LogP contribution < -0.4 is 10.1 Å². The van der Waals surface area contributed by atoms with Gasteiger partial charge in [-0.1, -0.05) is 41.9 Å². The third-order valence-electron chi connectivity index (χ3n) is 4.16. The van der Waals surface area contributed by atoms with Crippen molar-refractivity contribution in [2.45, 2.75) is 11.3 Å². The SMILES string of the molecule is COc1cccc(C(=O)CSc2cccc(NC(=O)Cc3ccc(Cl)cc3)c2)c1. The number of anilines is 1. The highest BCUT2D eigenvalue weighted by atomic mass is 35.5. The Morgan fingerprint density at radius 2 is 1.76 bits per heavy atom. The van der Waals surface area contributed by atoms with Crippen LogP contribution in [-0.2, 0) is 11.2 Å². The molecule has 0 heterocycles. The molecule has 3 rings (SSSR count). The number of rotatable bonds is 8. The van der Waals surface area contributed by atoms with Crippen LogP contribution in [0.3, 0.4) is 0 Å². The lowest BCUT2D eigenvalue weighted by molar-refractivity contribution is -0.115. The Morgan fingerprint density at radius 3 is 2.52 bits per heavy atom. The molecule has 1 N–H and O–H groups in total. The number of carbonyl (C=O) groups is 2. The largest absolute Gasteiger partial charge is 0.497 e. The minimum Gasteiger partial charge on any atom is -0.497 e. The highest BCUT2D eigenvalue weighted by Gasteiger charge is 2.09. The van der Waals surface area contributed by atoms with Crippen LogP contribution in [0.4, 0.5) is 5.69 Å². The Morgan fingerprint density at radius 1 is 1.00 bits per heavy atom. The molecular weight excluding hydrogens is 406 g/mol. The number of methoxy groups -OCH3 is 1. The van der Waals surface area contributed by atoms with E-state index >= 15 is 0 Å². The number of halogens is 1. The quantitative estimate of drug-likeness (QED) is 0.382. The van der Waals surface area contributed by atoms with E-state index in [2.05, 4.69) is 5.32 Å². The van der Waals surface area contributed by atoms with E-state index in [1.807, 2.05) is 36.4 Å². The molecule has 0 aliphatic carbocycles. The van der Waals surface area contributed by atoms with Crippen LogP contribution >= 0.6 is 23.4 Å². The molecule has 6 heteroatoms. The van der Waals surface area contributed by atoms with Gasteiger partial charge in [-0.15, -0.1) is 11.8 Å². The summed E-state index contributed by atoms with van der Waals surface area (Å²) in [6.07, 6.45) is 0.267. The zero-order chi connectivity index (χ0) is 20.6. The van der Waals surface area contributed by atoms with E-state index in [4.69, 9.17) is 16.3 Å². The number of Topliss-reactive ketones (excluding diaryl/α,β-unsaturated/α-hetero) is 1. The van der Waals surface area contributed by atoms with E-state index in [1.54, 1.807) is 43.5 Å². The summed E-state index contributed by atoms with van der Waals surface area (Å²) < 4.78 is 5.16. The van der Waals surface area contributed by atoms with Crippen molar-refractivity contribution >= 4 is 40.7 Å². The summed E-state index contributed by atoms with van der Waals surface area (Å²) in [7, 11) is 1.57. The molecule has 3 aromatic rings. The van der Waals surface area contributed by atoms with Gasteiger partial charge in [0.15, 0.2) is 5.78 Å². The fourth-order valence-electron chi connectivity index (χ4n) is 2.69. The molecule has 29 heavy (non-hydrogen) atoms. The second-order valence-electron chi connectivity index (χ2n) is 6.32. The maximum Gasteiger partial charge on any atom is 0.228 e. The maximum absolute atomic E-state index is 12.4. The molecule has 148 valence electrons. The lowest BCUT2D eigenvalue weighted by atomic mass is 10.1. The van der Waals surface area contributed by atoms with Crippen molar-refractivity contribution in [2.75, 3.05) is 18.2 Å². The van der Waals surface area contributed by atoms with Crippen LogP contribution in [0, 0.1) is 0 Å². The monoisotopic (exact) mass is 425 g/mol. The van der Waals surface area contributed by atoms with E-state index in [9.17, 15) is 9.59 Å². The fourth-order valence-corrected chi connectivity index (χ4v) is 3.66. The topological polar surface area (TPSA) is 55.4 Å². The average molecular weight is 426 g/mol. The van der Waals surface area contributed by atoms with Gasteiger partial charge in [0.2, 0.25) is 5.91 Å². The fraction of sp³-hybridized carbons (Fsp3) is 0.130. The van der Waals surface area contributed by atoms with Crippen molar-refractivity contribution in [1.29, 1.82) is 0 Å². The molecule has 0 aliphatic rings. The van der Waals surface area contributed by atoms with Crippen LogP contribution in [0.2, 0.25) is 5.02 Å². The lowest BCUT2D eigenvalue weighted by Crippen LogP contribution is -2.14. The van der Waals surface area contributed by atoms with E-state index in [1.165, 1.54) is 11.8 Å². The summed E-state index contributed by atoms with van der Waals surface area (Å²) in [6.45, 7) is 0. The normalized spacial score (nSPS) is 10.4. The van der Waals surface area contributed by atoms with E-state index in [0.717, 1.165) is 10.5 Å². The Kier molecular flexibility index (Phi) is 7.33. The molecule has 0 unspecified atom stereocenters. The summed E-state index contributed by atoms with van der Waals surface area (Å²) in [4.78, 5) is 25.6. The zero-order valence-corrected chi connectivity index (χ0v) is 17.4. The number of hydrogen-bond donors (Lipinski definition) is 1. The number of nitrogens with one attached hydrogen (secondary N) is 1. The van der Waals surface area contributed by atoms with E-state index in [0.29, 0.717) is 27.8 Å². The lowest BCUT2D eigenvalue weighted by Gasteiger charge is -2.08. The maximum atomic E-state index is 12.4. The molecule has 1 amide bonds. The summed E-state index contributed by atoms with van der Waals surface area (Å²) in [5, 5.41) is 3.53. The number of ketones is 1. The highest BCUT2D eigenvalue weighted by Crippen LogP contribution is 2.24. The summed E-state index contributed by atoms with van der Waals surface area (Å²) >= 11 is 7.30. The van der Waals surface area contributed by atoms with Crippen molar-refractivity contribution in [3.05, 3.63) is 88.9 Å². The molecule has 0 fully saturated rings. The third kappa shape index (κ3) is 6.38. The number of carbonyl (C=O) groups excluding carboxylic acids is 2. The van der Waals surface area contributed by atoms with Crippen LogP contribution in [0.1, 0.15) is 15.9 Å². The molecule has 0 saturated heterocycles. The molecule has 0 aliphatic heterocycles. The molecule has 0 spiro atoms. The van der Waals surface area contributed by atoms with Crippen molar-refractivity contribution in [3.63, 3.8) is 0 Å². The molecule has 0 saturated carbocycles. The highest BCUT2D eigenvalue weighted by molar-refractivity contribution is 8.00. The van der Waals surface area contributed by atoms with Gasteiger partial charge in [-0.25, -0.2) is 0 Å². The van der Waals surface area contributed by atoms with Crippen LogP contribution in [-0.4, -0.2) is 24.6 Å². The number of ether oxygens (including phenoxy) is 1. The zero-order valence-electron chi connectivity index (χ0n) is 15.9. The number of benzene rings is 3. The van der Waals surface area contributed by atoms with Gasteiger partial charge in [0.1, 0.15) is 5.75 Å². The first-order valence-electron chi connectivity index (χ1n) is 8.98. The Balaban J connectivity index is 1.56. The first kappa shape index (κ1) is 21.0. The average Bonchev–Trinajstić information content (AvgIpc) is 2.74. The molecule has 0 atom stereocenters. The van der Waals surface area contributed by atoms with Gasteiger partial charge < -0.3 is 10.1 Å². The minimum atomic E-state index is -0.109. The van der Waals surface area contributed by atoms with Gasteiger partial charge in [-0.05, 0) is 48.0 Å². The Labute approximate surface area is 179 Å². The van der Waals surface area contributed by atoms with Gasteiger partial charge in [0.05, 0.1) is 19.3 Å². The third-order valence-corrected chi connectivity index (χ3v) is 5.40. The van der Waals surface area contributed by atoms with Crippen LogP contribution in [0.25, 0.3) is 0 Å². The second-order valence-corrected chi connectivity index (χ2v) is 7.81. The molecule has 0 bridgehead atoms. The van der Waals surface area contributed by atoms with Gasteiger partial charge in [-0.2, -0.15) is 0 Å². The van der Waals surface area contributed by atoms with E-state index < -0.39 is 0 Å². The second kappa shape index (κ2) is 10.1. The minimum absolute atomic E-state index is 0.0195. The Bertz CT molecular complexity index is 1010. The molecule has 0 radical (unpaired) electrons. The summed E-state index contributed by atoms with van der Waals surface area (Å²) in [5.41, 5.74) is 2.20. The van der Waals surface area contributed by atoms with Crippen LogP contribution in [0.15, 0.2) is 77.7 Å². The Hall–Kier alpha value is -2.76. The predicted octanol–water partition coefficient (Wildman–Crippen LogP) is 5.50. The van der Waals surface area contributed by atoms with Crippen molar-refractivity contribution in [2.24, 2.45) is 0 Å². The molecule has 3 aromatic carbocycles. The van der Waals surface area contributed by atoms with Crippen molar-refractivity contribution < 1.29 is 14.3 Å². The first-order valence-corrected chi connectivity index (χ1v) is 10.3. The molecule has 0 aromatic heterocycles. The van der Waals surface area contributed by atoms with Crippen molar-refractivity contribution in [1.82, 2.24) is 0 Å². The summed E-state index contributed by atoms with van der Waals surface area (Å²) in [6, 6.07) is 21.8. The van der Waals surface area contributed by atoms with Crippen LogP contribution in [0.5, 0.6) is 5.75 Å². The van der Waals surface area contributed by atoms with E-state index in [-0.39, 0.29) is 18.1 Å².